The number of hydrogen-bond donors (Lipinski definition) is 2. The zero-order chi connectivity index (χ0) is 24.7. The molecule has 3 aromatic rings. The van der Waals surface area contributed by atoms with Crippen LogP contribution in [-0.2, 0) is 6.42 Å². The molecule has 10 heteroatoms. The molecule has 0 spiro atoms. The van der Waals surface area contributed by atoms with E-state index in [9.17, 15) is 15.0 Å². The number of phenols is 1. The van der Waals surface area contributed by atoms with E-state index in [2.05, 4.69) is 10.2 Å². The predicted molar refractivity (Wildman–Crippen MR) is 133 cm³/mol. The Balaban J connectivity index is 1.93. The molecule has 3 rings (SSSR count). The van der Waals surface area contributed by atoms with Crippen LogP contribution in [0.3, 0.4) is 0 Å². The van der Waals surface area contributed by atoms with Gasteiger partial charge >= 0.3 is 0 Å². The minimum absolute atomic E-state index is 0.0494. The van der Waals surface area contributed by atoms with Crippen molar-refractivity contribution >= 4 is 40.7 Å². The number of benzene rings is 2. The second kappa shape index (κ2) is 12.2. The summed E-state index contributed by atoms with van der Waals surface area (Å²) in [5.74, 6) is -0.502. The number of aromatic nitrogens is 2. The largest absolute Gasteiger partial charge is 0.505 e. The number of halogens is 3. The summed E-state index contributed by atoms with van der Waals surface area (Å²) in [5, 5.41) is 28.3. The molecule has 1 aromatic heterocycles. The molecule has 0 saturated carbocycles. The van der Waals surface area contributed by atoms with Gasteiger partial charge in [0.1, 0.15) is 5.56 Å². The molecule has 0 aliphatic carbocycles. The molecule has 0 atom stereocenters. The Morgan fingerprint density at radius 3 is 2.32 bits per heavy atom. The van der Waals surface area contributed by atoms with Gasteiger partial charge in [-0.05, 0) is 42.3 Å². The molecule has 2 N–H and O–H groups in total. The number of nitrogens with zero attached hydrogens (tertiary/aromatic N) is 3. The first-order chi connectivity index (χ1) is 16.3. The maximum Gasteiger partial charge on any atom is 0.259 e. The number of carbonyl (C=O) groups is 1. The molecule has 0 aliphatic rings. The van der Waals surface area contributed by atoms with Crippen LogP contribution in [0.2, 0.25) is 15.1 Å². The maximum atomic E-state index is 13.3. The van der Waals surface area contributed by atoms with Crippen LogP contribution in [0.15, 0.2) is 42.5 Å². The number of aliphatic hydroxyl groups is 1. The van der Waals surface area contributed by atoms with Gasteiger partial charge in [-0.3, -0.25) is 4.79 Å². The Hall–Kier alpha value is -2.58. The number of amides is 1. The lowest BCUT2D eigenvalue weighted by Gasteiger charge is -2.22. The van der Waals surface area contributed by atoms with Gasteiger partial charge in [0.05, 0.1) is 29.0 Å². The first kappa shape index (κ1) is 26.0. The van der Waals surface area contributed by atoms with E-state index in [1.165, 1.54) is 17.0 Å². The van der Waals surface area contributed by atoms with Crippen molar-refractivity contribution in [1.82, 2.24) is 15.1 Å². The Bertz CT molecular complexity index is 1110. The Morgan fingerprint density at radius 2 is 1.71 bits per heavy atom. The summed E-state index contributed by atoms with van der Waals surface area (Å²) in [7, 11) is 0. The van der Waals surface area contributed by atoms with Crippen molar-refractivity contribution in [2.24, 2.45) is 0 Å². The van der Waals surface area contributed by atoms with Gasteiger partial charge in [0, 0.05) is 30.1 Å². The SMILES string of the molecule is CCCN(CCO)C(=O)c1cc(-c2cc(Cl)c(O)c(Cl)c2)nnc1OCCc1ccc(Cl)cc1. The van der Waals surface area contributed by atoms with E-state index in [0.717, 1.165) is 5.56 Å². The minimum atomic E-state index is -0.343. The number of ether oxygens (including phenoxy) is 1. The van der Waals surface area contributed by atoms with Crippen LogP contribution >= 0.6 is 34.8 Å². The van der Waals surface area contributed by atoms with Crippen molar-refractivity contribution in [3.05, 3.63) is 68.7 Å². The second-order valence-electron chi connectivity index (χ2n) is 7.48. The van der Waals surface area contributed by atoms with Gasteiger partial charge in [-0.15, -0.1) is 10.2 Å². The van der Waals surface area contributed by atoms with Crippen LogP contribution in [0.1, 0.15) is 29.3 Å². The molecule has 0 radical (unpaired) electrons. The van der Waals surface area contributed by atoms with E-state index >= 15 is 0 Å². The third-order valence-corrected chi connectivity index (χ3v) is 5.82. The van der Waals surface area contributed by atoms with E-state index in [0.29, 0.717) is 35.7 Å². The molecular formula is C24H24Cl3N3O4. The molecule has 1 heterocycles. The molecule has 0 saturated heterocycles. The van der Waals surface area contributed by atoms with Crippen LogP contribution in [0.25, 0.3) is 11.3 Å². The fourth-order valence-electron chi connectivity index (χ4n) is 3.29. The number of hydrogen-bond acceptors (Lipinski definition) is 6. The lowest BCUT2D eigenvalue weighted by molar-refractivity contribution is 0.0716. The highest BCUT2D eigenvalue weighted by molar-refractivity contribution is 6.37. The molecule has 2 aromatic carbocycles. The smallest absolute Gasteiger partial charge is 0.259 e. The lowest BCUT2D eigenvalue weighted by Crippen LogP contribution is -2.34. The Kier molecular flexibility index (Phi) is 9.36. The molecule has 1 amide bonds. The van der Waals surface area contributed by atoms with Gasteiger partial charge in [0.2, 0.25) is 5.88 Å². The number of aliphatic hydroxyl groups excluding tert-OH is 1. The molecular weight excluding hydrogens is 501 g/mol. The zero-order valence-corrected chi connectivity index (χ0v) is 20.7. The average molecular weight is 525 g/mol. The highest BCUT2D eigenvalue weighted by atomic mass is 35.5. The third-order valence-electron chi connectivity index (χ3n) is 5.00. The highest BCUT2D eigenvalue weighted by Gasteiger charge is 2.23. The summed E-state index contributed by atoms with van der Waals surface area (Å²) in [6, 6.07) is 11.9. The summed E-state index contributed by atoms with van der Waals surface area (Å²) in [4.78, 5) is 14.9. The Labute approximate surface area is 212 Å². The van der Waals surface area contributed by atoms with Gasteiger partial charge in [-0.2, -0.15) is 0 Å². The molecule has 7 nitrogen and oxygen atoms in total. The number of rotatable bonds is 10. The summed E-state index contributed by atoms with van der Waals surface area (Å²) >= 11 is 18.0. The van der Waals surface area contributed by atoms with Crippen LogP contribution < -0.4 is 4.74 Å². The van der Waals surface area contributed by atoms with E-state index in [-0.39, 0.29) is 52.9 Å². The molecule has 0 unspecified atom stereocenters. The lowest BCUT2D eigenvalue weighted by atomic mass is 10.1. The van der Waals surface area contributed by atoms with E-state index in [1.54, 1.807) is 18.2 Å². The van der Waals surface area contributed by atoms with Crippen LogP contribution in [-0.4, -0.2) is 57.5 Å². The van der Waals surface area contributed by atoms with Crippen molar-refractivity contribution < 1.29 is 19.7 Å². The predicted octanol–water partition coefficient (Wildman–Crippen LogP) is 5.28. The van der Waals surface area contributed by atoms with E-state index in [1.807, 2.05) is 19.1 Å². The number of phenolic OH excluding ortho intramolecular Hbond substituents is 1. The maximum absolute atomic E-state index is 13.3. The van der Waals surface area contributed by atoms with Gasteiger partial charge in [0.25, 0.3) is 5.91 Å². The fraction of sp³-hybridized carbons (Fsp3) is 0.292. The monoisotopic (exact) mass is 523 g/mol. The topological polar surface area (TPSA) is 95.8 Å². The molecule has 0 aliphatic heterocycles. The van der Waals surface area contributed by atoms with Crippen LogP contribution in [0.4, 0.5) is 0 Å². The van der Waals surface area contributed by atoms with Crippen molar-refractivity contribution in [1.29, 1.82) is 0 Å². The highest BCUT2D eigenvalue weighted by Crippen LogP contribution is 2.36. The summed E-state index contributed by atoms with van der Waals surface area (Å²) in [6.45, 7) is 2.66. The first-order valence-corrected chi connectivity index (χ1v) is 11.8. The van der Waals surface area contributed by atoms with Crippen molar-refractivity contribution in [2.45, 2.75) is 19.8 Å². The minimum Gasteiger partial charge on any atom is -0.505 e. The normalized spacial score (nSPS) is 10.9. The van der Waals surface area contributed by atoms with E-state index < -0.39 is 0 Å². The quantitative estimate of drug-likeness (QED) is 0.375. The fourth-order valence-corrected chi connectivity index (χ4v) is 3.90. The average Bonchev–Trinajstić information content (AvgIpc) is 2.83. The third kappa shape index (κ3) is 6.51. The first-order valence-electron chi connectivity index (χ1n) is 10.7. The Morgan fingerprint density at radius 1 is 1.03 bits per heavy atom. The molecule has 180 valence electrons. The van der Waals surface area contributed by atoms with Crippen LogP contribution in [0, 0.1) is 0 Å². The van der Waals surface area contributed by atoms with Crippen LogP contribution in [0.5, 0.6) is 11.6 Å². The van der Waals surface area contributed by atoms with Gasteiger partial charge in [0.15, 0.2) is 5.75 Å². The number of aromatic hydroxyl groups is 1. The molecule has 0 bridgehead atoms. The standard InChI is InChI=1S/C24H24Cl3N3O4/c1-2-8-30(9-10-31)24(33)18-14-21(16-12-19(26)22(32)20(27)13-16)28-29-23(18)34-11-7-15-3-5-17(25)6-4-15/h3-6,12-14,31-32H,2,7-11H2,1H3. The second-order valence-corrected chi connectivity index (χ2v) is 8.73. The summed E-state index contributed by atoms with van der Waals surface area (Å²) in [6.07, 6.45) is 1.29. The van der Waals surface area contributed by atoms with Gasteiger partial charge < -0.3 is 19.8 Å². The summed E-state index contributed by atoms with van der Waals surface area (Å²) in [5.41, 5.74) is 2.02. The number of carbonyl (C=O) groups excluding carboxylic acids is 1. The van der Waals surface area contributed by atoms with E-state index in [4.69, 9.17) is 39.5 Å². The van der Waals surface area contributed by atoms with Gasteiger partial charge in [-0.25, -0.2) is 0 Å². The van der Waals surface area contributed by atoms with Crippen molar-refractivity contribution in [3.63, 3.8) is 0 Å². The zero-order valence-electron chi connectivity index (χ0n) is 18.5. The molecule has 34 heavy (non-hydrogen) atoms. The van der Waals surface area contributed by atoms with Gasteiger partial charge in [-0.1, -0.05) is 53.9 Å². The molecule has 0 fully saturated rings. The van der Waals surface area contributed by atoms with Crippen molar-refractivity contribution in [2.75, 3.05) is 26.3 Å². The van der Waals surface area contributed by atoms with Crippen molar-refractivity contribution in [3.8, 4) is 22.9 Å². The summed E-state index contributed by atoms with van der Waals surface area (Å²) < 4.78 is 5.85.